The molecule has 1 heterocycles. The fourth-order valence-corrected chi connectivity index (χ4v) is 4.67. The molecular weight excluding hydrogens is 399 g/mol. The summed E-state index contributed by atoms with van der Waals surface area (Å²) in [7, 11) is -3.58. The predicted molar refractivity (Wildman–Crippen MR) is 104 cm³/mol. The first kappa shape index (κ1) is 29.1. The zero-order valence-corrected chi connectivity index (χ0v) is 19.0. The summed E-state index contributed by atoms with van der Waals surface area (Å²) < 4.78 is 58.8. The molecule has 27 heavy (non-hydrogen) atoms. The highest BCUT2D eigenvalue weighted by Crippen LogP contribution is 2.22. The lowest BCUT2D eigenvalue weighted by atomic mass is 10.2. The van der Waals surface area contributed by atoms with E-state index in [1.54, 1.807) is 14.2 Å². The van der Waals surface area contributed by atoms with Crippen molar-refractivity contribution < 1.29 is 45.3 Å². The van der Waals surface area contributed by atoms with Crippen LogP contribution in [0.4, 0.5) is 0 Å². The molecule has 1 fully saturated rings. The molecule has 0 amide bonds. The van der Waals surface area contributed by atoms with Crippen LogP contribution in [0.15, 0.2) is 0 Å². The summed E-state index contributed by atoms with van der Waals surface area (Å²) in [5.41, 5.74) is -1.45. The van der Waals surface area contributed by atoms with Gasteiger partial charge in [-0.15, -0.1) is 0 Å². The molecule has 0 aromatic heterocycles. The highest BCUT2D eigenvalue weighted by Gasteiger charge is 2.40. The first-order chi connectivity index (χ1) is 12.7. The standard InChI is InChI=1S/C6H14O3Si.C4H11BO6S.C4H10O/c1-7-10(8-2)6-4-3-5-9-10;1-3-4(12(7,8)9)11-5(6)10-2;1-3-5-4-2/h3-6H2,1-2H3;4,6H,3H2,1-2H3,(H,7,8,9);3-4H2,1-2H3. The first-order valence-electron chi connectivity index (χ1n) is 8.80. The van der Waals surface area contributed by atoms with Crippen molar-refractivity contribution in [3.05, 3.63) is 0 Å². The van der Waals surface area contributed by atoms with E-state index in [9.17, 15) is 8.42 Å². The Morgan fingerprint density at radius 2 is 1.67 bits per heavy atom. The molecule has 1 rings (SSSR count). The molecular formula is C14H35BO10SSi. The van der Waals surface area contributed by atoms with Crippen LogP contribution in [-0.2, 0) is 37.4 Å². The van der Waals surface area contributed by atoms with Crippen LogP contribution in [0.1, 0.15) is 40.0 Å². The van der Waals surface area contributed by atoms with Crippen LogP contribution in [-0.4, -0.2) is 80.7 Å². The van der Waals surface area contributed by atoms with Crippen molar-refractivity contribution >= 4 is 26.2 Å². The Balaban J connectivity index is 0. The Hall–Kier alpha value is -0.0882. The quantitative estimate of drug-likeness (QED) is 0.405. The van der Waals surface area contributed by atoms with Crippen LogP contribution in [0, 0.1) is 0 Å². The highest BCUT2D eigenvalue weighted by molar-refractivity contribution is 7.86. The van der Waals surface area contributed by atoms with Crippen LogP contribution in [0.25, 0.3) is 0 Å². The van der Waals surface area contributed by atoms with Gasteiger partial charge in [-0.2, -0.15) is 8.42 Å². The van der Waals surface area contributed by atoms with Gasteiger partial charge in [-0.25, -0.2) is 0 Å². The molecule has 1 aliphatic rings. The number of hydrogen-bond donors (Lipinski definition) is 2. The molecule has 1 aliphatic heterocycles. The van der Waals surface area contributed by atoms with Gasteiger partial charge in [0.05, 0.1) is 0 Å². The topological polar surface area (TPSA) is 130 Å². The maximum atomic E-state index is 10.5. The highest BCUT2D eigenvalue weighted by atomic mass is 32.2. The second-order valence-electron chi connectivity index (χ2n) is 5.21. The molecule has 0 aromatic carbocycles. The summed E-state index contributed by atoms with van der Waals surface area (Å²) >= 11 is 0. The zero-order chi connectivity index (χ0) is 21.3. The second kappa shape index (κ2) is 16.8. The lowest BCUT2D eigenvalue weighted by Gasteiger charge is -2.29. The summed E-state index contributed by atoms with van der Waals surface area (Å²) in [4.78, 5) is 0. The zero-order valence-electron chi connectivity index (χ0n) is 17.2. The molecule has 0 radical (unpaired) electrons. The van der Waals surface area contributed by atoms with E-state index in [1.165, 1.54) is 13.3 Å². The van der Waals surface area contributed by atoms with E-state index in [-0.39, 0.29) is 6.42 Å². The van der Waals surface area contributed by atoms with Crippen LogP contribution in [0.5, 0.6) is 0 Å². The number of ether oxygens (including phenoxy) is 1. The van der Waals surface area contributed by atoms with Gasteiger partial charge in [0.15, 0.2) is 5.44 Å². The van der Waals surface area contributed by atoms with Gasteiger partial charge in [-0.05, 0) is 33.1 Å². The predicted octanol–water partition coefficient (Wildman–Crippen LogP) is 1.32. The summed E-state index contributed by atoms with van der Waals surface area (Å²) in [5, 5.41) is 8.70. The molecule has 0 aromatic rings. The van der Waals surface area contributed by atoms with Crippen molar-refractivity contribution in [1.29, 1.82) is 0 Å². The van der Waals surface area contributed by atoms with E-state index in [0.29, 0.717) is 0 Å². The van der Waals surface area contributed by atoms with E-state index in [0.717, 1.165) is 39.4 Å². The third kappa shape index (κ3) is 14.5. The van der Waals surface area contributed by atoms with Crippen LogP contribution in [0.2, 0.25) is 6.04 Å². The number of hydrogen-bond acceptors (Lipinski definition) is 9. The van der Waals surface area contributed by atoms with Crippen molar-refractivity contribution in [3.63, 3.8) is 0 Å². The lowest BCUT2D eigenvalue weighted by Crippen LogP contribution is -2.46. The van der Waals surface area contributed by atoms with Crippen molar-refractivity contribution in [1.82, 2.24) is 0 Å². The Labute approximate surface area is 164 Å². The van der Waals surface area contributed by atoms with Crippen LogP contribution < -0.4 is 0 Å². The smallest absolute Gasteiger partial charge is 0.402 e. The van der Waals surface area contributed by atoms with Crippen LogP contribution in [0.3, 0.4) is 0 Å². The van der Waals surface area contributed by atoms with Gasteiger partial charge in [0.2, 0.25) is 0 Å². The van der Waals surface area contributed by atoms with Gasteiger partial charge in [-0.1, -0.05) is 6.92 Å². The molecule has 0 saturated carbocycles. The van der Waals surface area contributed by atoms with Gasteiger partial charge in [0, 0.05) is 47.2 Å². The Morgan fingerprint density at radius 1 is 1.11 bits per heavy atom. The normalized spacial score (nSPS) is 17.0. The fourth-order valence-electron chi connectivity index (χ4n) is 1.92. The second-order valence-corrected chi connectivity index (χ2v) is 9.74. The Kier molecular flexibility index (Phi) is 18.1. The van der Waals surface area contributed by atoms with Gasteiger partial charge in [0.1, 0.15) is 0 Å². The molecule has 164 valence electrons. The lowest BCUT2D eigenvalue weighted by molar-refractivity contribution is 0.0820. The van der Waals surface area contributed by atoms with E-state index in [2.05, 4.69) is 9.31 Å². The molecule has 1 saturated heterocycles. The summed E-state index contributed by atoms with van der Waals surface area (Å²) in [6, 6.07) is 0.972. The van der Waals surface area contributed by atoms with Gasteiger partial charge >= 0.3 is 16.1 Å². The molecule has 13 heteroatoms. The van der Waals surface area contributed by atoms with Gasteiger partial charge in [0.25, 0.3) is 10.1 Å². The van der Waals surface area contributed by atoms with Gasteiger partial charge in [-0.3, -0.25) is 4.55 Å². The molecule has 0 spiro atoms. The summed E-state index contributed by atoms with van der Waals surface area (Å²) in [5.74, 6) is 0. The largest absolute Gasteiger partial charge is 0.637 e. The van der Waals surface area contributed by atoms with E-state index in [1.807, 2.05) is 13.8 Å². The Morgan fingerprint density at radius 3 is 1.89 bits per heavy atom. The fraction of sp³-hybridized carbons (Fsp3) is 1.00. The summed E-state index contributed by atoms with van der Waals surface area (Å²) in [6.45, 7) is 7.95. The monoisotopic (exact) mass is 434 g/mol. The minimum Gasteiger partial charge on any atom is -0.402 e. The maximum Gasteiger partial charge on any atom is 0.637 e. The maximum absolute atomic E-state index is 10.5. The SMILES string of the molecule is CCC(OB(O)OC)S(=O)(=O)O.CCOCC.CO[Si]1(OC)CCCCO1. The summed E-state index contributed by atoms with van der Waals surface area (Å²) in [6.07, 6.45) is 2.34. The van der Waals surface area contributed by atoms with E-state index in [4.69, 9.17) is 27.6 Å². The Bertz CT molecular complexity index is 426. The van der Waals surface area contributed by atoms with Crippen molar-refractivity contribution in [3.8, 4) is 0 Å². The van der Waals surface area contributed by atoms with Crippen LogP contribution >= 0.6 is 0 Å². The molecule has 2 N–H and O–H groups in total. The van der Waals surface area contributed by atoms with Crippen molar-refractivity contribution in [2.75, 3.05) is 41.2 Å². The molecule has 1 unspecified atom stereocenters. The average Bonchev–Trinajstić information content (AvgIpc) is 2.67. The first-order valence-corrected chi connectivity index (χ1v) is 12.2. The molecule has 0 bridgehead atoms. The molecule has 0 aliphatic carbocycles. The third-order valence-corrected chi connectivity index (χ3v) is 7.33. The third-order valence-electron chi connectivity index (χ3n) is 3.36. The minimum atomic E-state index is -4.28. The van der Waals surface area contributed by atoms with E-state index < -0.39 is 31.7 Å². The van der Waals surface area contributed by atoms with E-state index >= 15 is 0 Å². The van der Waals surface area contributed by atoms with Crippen molar-refractivity contribution in [2.24, 2.45) is 0 Å². The minimum absolute atomic E-state index is 0.0270. The number of rotatable bonds is 9. The van der Waals surface area contributed by atoms with Crippen molar-refractivity contribution in [2.45, 2.75) is 51.5 Å². The average molecular weight is 434 g/mol. The molecule has 1 atom stereocenters. The van der Waals surface area contributed by atoms with Gasteiger partial charge < -0.3 is 32.3 Å². The molecule has 10 nitrogen and oxygen atoms in total.